The number of aryl methyl sites for hydroxylation is 2. The Morgan fingerprint density at radius 1 is 1.23 bits per heavy atom. The van der Waals surface area contributed by atoms with E-state index in [0.717, 1.165) is 29.8 Å². The molecule has 22 heavy (non-hydrogen) atoms. The van der Waals surface area contributed by atoms with Crippen molar-refractivity contribution in [1.29, 1.82) is 0 Å². The summed E-state index contributed by atoms with van der Waals surface area (Å²) in [6, 6.07) is 9.17. The van der Waals surface area contributed by atoms with Gasteiger partial charge in [0.15, 0.2) is 5.65 Å². The Hall–Kier alpha value is -2.43. The number of anilines is 1. The molecule has 1 atom stereocenters. The maximum Gasteiger partial charge on any atom is 0.163 e. The van der Waals surface area contributed by atoms with Gasteiger partial charge in [-0.05, 0) is 25.3 Å². The molecule has 1 aliphatic rings. The molecule has 2 aromatic heterocycles. The first kappa shape index (κ1) is 13.2. The van der Waals surface area contributed by atoms with Gasteiger partial charge in [-0.2, -0.15) is 5.10 Å². The van der Waals surface area contributed by atoms with E-state index in [-0.39, 0.29) is 0 Å². The van der Waals surface area contributed by atoms with Gasteiger partial charge >= 0.3 is 0 Å². The highest BCUT2D eigenvalue weighted by atomic mass is 15.3. The molecule has 3 aromatic rings. The summed E-state index contributed by atoms with van der Waals surface area (Å²) < 4.78 is 1.80. The Kier molecular flexibility index (Phi) is 3.06. The Morgan fingerprint density at radius 2 is 2.14 bits per heavy atom. The predicted octanol–water partition coefficient (Wildman–Crippen LogP) is 3.01. The summed E-state index contributed by atoms with van der Waals surface area (Å²) >= 11 is 0. The summed E-state index contributed by atoms with van der Waals surface area (Å²) in [5.74, 6) is 1.00. The summed E-state index contributed by atoms with van der Waals surface area (Å²) in [6.07, 6.45) is 5.86. The predicted molar refractivity (Wildman–Crippen MR) is 86.8 cm³/mol. The topological polar surface area (TPSA) is 46.8 Å². The standard InChI is InChI=1S/C17H19N5/c1-12-5-3-6-13(9-12)15-7-4-8-22(15)17-14-10-20-21(2)16(14)18-11-19-17/h3,5-6,9-11,15H,4,7-8H2,1-2H3/t15-/m0/s1. The molecule has 0 aliphatic carbocycles. The van der Waals surface area contributed by atoms with Gasteiger partial charge in [-0.15, -0.1) is 0 Å². The molecule has 3 heterocycles. The van der Waals surface area contributed by atoms with E-state index in [9.17, 15) is 0 Å². The molecule has 112 valence electrons. The van der Waals surface area contributed by atoms with Gasteiger partial charge in [-0.25, -0.2) is 9.97 Å². The third-order valence-corrected chi connectivity index (χ3v) is 4.46. The Bertz CT molecular complexity index is 823. The average Bonchev–Trinajstić information content (AvgIpc) is 3.14. The smallest absolute Gasteiger partial charge is 0.163 e. The van der Waals surface area contributed by atoms with Crippen LogP contribution in [0.4, 0.5) is 5.82 Å². The molecule has 5 nitrogen and oxygen atoms in total. The van der Waals surface area contributed by atoms with Crippen LogP contribution in [0.25, 0.3) is 11.0 Å². The molecule has 4 rings (SSSR count). The molecule has 1 aromatic carbocycles. The van der Waals surface area contributed by atoms with Crippen LogP contribution >= 0.6 is 0 Å². The average molecular weight is 293 g/mol. The van der Waals surface area contributed by atoms with Gasteiger partial charge in [0, 0.05) is 13.6 Å². The summed E-state index contributed by atoms with van der Waals surface area (Å²) in [7, 11) is 1.92. The van der Waals surface area contributed by atoms with Crippen LogP contribution in [0, 0.1) is 6.92 Å². The second-order valence-electron chi connectivity index (χ2n) is 5.97. The molecule has 1 fully saturated rings. The zero-order valence-corrected chi connectivity index (χ0v) is 12.9. The SMILES string of the molecule is Cc1cccc([C@@H]2CCCN2c2ncnc3c2cnn3C)c1. The molecule has 5 heteroatoms. The van der Waals surface area contributed by atoms with Crippen molar-refractivity contribution >= 4 is 16.9 Å². The van der Waals surface area contributed by atoms with Crippen molar-refractivity contribution in [3.05, 3.63) is 47.9 Å². The minimum Gasteiger partial charge on any atom is -0.349 e. The van der Waals surface area contributed by atoms with Gasteiger partial charge in [0.2, 0.25) is 0 Å². The molecule has 0 unspecified atom stereocenters. The molecular weight excluding hydrogens is 274 g/mol. The number of hydrogen-bond acceptors (Lipinski definition) is 4. The molecule has 1 aliphatic heterocycles. The quantitative estimate of drug-likeness (QED) is 0.728. The van der Waals surface area contributed by atoms with Gasteiger partial charge in [-0.3, -0.25) is 4.68 Å². The highest BCUT2D eigenvalue weighted by molar-refractivity contribution is 5.87. The van der Waals surface area contributed by atoms with Crippen LogP contribution in [0.5, 0.6) is 0 Å². The lowest BCUT2D eigenvalue weighted by Crippen LogP contribution is -2.24. The van der Waals surface area contributed by atoms with Gasteiger partial charge in [0.1, 0.15) is 12.1 Å². The zero-order chi connectivity index (χ0) is 15.1. The van der Waals surface area contributed by atoms with Crippen LogP contribution < -0.4 is 4.90 Å². The molecule has 0 spiro atoms. The zero-order valence-electron chi connectivity index (χ0n) is 12.9. The van der Waals surface area contributed by atoms with Crippen molar-refractivity contribution in [3.8, 4) is 0 Å². The third kappa shape index (κ3) is 2.04. The van der Waals surface area contributed by atoms with E-state index in [0.29, 0.717) is 6.04 Å². The van der Waals surface area contributed by atoms with E-state index >= 15 is 0 Å². The van der Waals surface area contributed by atoms with Gasteiger partial charge in [0.05, 0.1) is 17.6 Å². The highest BCUT2D eigenvalue weighted by Crippen LogP contribution is 2.37. The minimum absolute atomic E-state index is 0.387. The van der Waals surface area contributed by atoms with Gasteiger partial charge in [-0.1, -0.05) is 29.8 Å². The van der Waals surface area contributed by atoms with Crippen molar-refractivity contribution in [3.63, 3.8) is 0 Å². The molecule has 0 bridgehead atoms. The molecule has 0 radical (unpaired) electrons. The first-order valence-corrected chi connectivity index (χ1v) is 7.70. The number of benzene rings is 1. The Morgan fingerprint density at radius 3 is 3.00 bits per heavy atom. The fraction of sp³-hybridized carbons (Fsp3) is 0.353. The highest BCUT2D eigenvalue weighted by Gasteiger charge is 2.29. The van der Waals surface area contributed by atoms with Crippen LogP contribution in [-0.2, 0) is 7.05 Å². The minimum atomic E-state index is 0.387. The lowest BCUT2D eigenvalue weighted by atomic mass is 10.0. The van der Waals surface area contributed by atoms with Gasteiger partial charge in [0.25, 0.3) is 0 Å². The van der Waals surface area contributed by atoms with Crippen LogP contribution in [0.15, 0.2) is 36.8 Å². The first-order valence-electron chi connectivity index (χ1n) is 7.70. The third-order valence-electron chi connectivity index (χ3n) is 4.46. The van der Waals surface area contributed by atoms with E-state index in [2.05, 4.69) is 51.2 Å². The van der Waals surface area contributed by atoms with Crippen molar-refractivity contribution in [2.75, 3.05) is 11.4 Å². The summed E-state index contributed by atoms with van der Waals surface area (Å²) in [6.45, 7) is 3.17. The first-order chi connectivity index (χ1) is 10.7. The number of rotatable bonds is 2. The maximum absolute atomic E-state index is 4.56. The van der Waals surface area contributed by atoms with Gasteiger partial charge < -0.3 is 4.90 Å². The van der Waals surface area contributed by atoms with Crippen molar-refractivity contribution in [2.45, 2.75) is 25.8 Å². The number of aromatic nitrogens is 4. The lowest BCUT2D eigenvalue weighted by Gasteiger charge is -2.26. The fourth-order valence-corrected chi connectivity index (χ4v) is 3.42. The second kappa shape index (κ2) is 5.09. The van der Waals surface area contributed by atoms with E-state index in [4.69, 9.17) is 0 Å². The number of fused-ring (bicyclic) bond motifs is 1. The van der Waals surface area contributed by atoms with E-state index < -0.39 is 0 Å². The number of nitrogens with zero attached hydrogens (tertiary/aromatic N) is 5. The Balaban J connectivity index is 1.80. The normalized spacial score (nSPS) is 18.3. The lowest BCUT2D eigenvalue weighted by molar-refractivity contribution is 0.712. The molecule has 0 N–H and O–H groups in total. The van der Waals surface area contributed by atoms with E-state index in [1.54, 1.807) is 11.0 Å². The van der Waals surface area contributed by atoms with E-state index in [1.807, 2.05) is 13.2 Å². The molecule has 0 saturated carbocycles. The van der Waals surface area contributed by atoms with Crippen molar-refractivity contribution < 1.29 is 0 Å². The molecule has 1 saturated heterocycles. The van der Waals surface area contributed by atoms with Crippen molar-refractivity contribution in [1.82, 2.24) is 19.7 Å². The summed E-state index contributed by atoms with van der Waals surface area (Å²) in [5.41, 5.74) is 3.56. The second-order valence-corrected chi connectivity index (χ2v) is 5.97. The summed E-state index contributed by atoms with van der Waals surface area (Å²) in [4.78, 5) is 11.3. The largest absolute Gasteiger partial charge is 0.349 e. The van der Waals surface area contributed by atoms with Crippen LogP contribution in [0.1, 0.15) is 30.0 Å². The van der Waals surface area contributed by atoms with E-state index in [1.165, 1.54) is 17.5 Å². The fourth-order valence-electron chi connectivity index (χ4n) is 3.42. The molecule has 0 amide bonds. The van der Waals surface area contributed by atoms with Crippen LogP contribution in [-0.4, -0.2) is 26.3 Å². The molecular formula is C17H19N5. The van der Waals surface area contributed by atoms with Crippen LogP contribution in [0.3, 0.4) is 0 Å². The Labute approximate surface area is 129 Å². The van der Waals surface area contributed by atoms with Crippen LogP contribution in [0.2, 0.25) is 0 Å². The number of hydrogen-bond donors (Lipinski definition) is 0. The van der Waals surface area contributed by atoms with Crippen molar-refractivity contribution in [2.24, 2.45) is 7.05 Å². The summed E-state index contributed by atoms with van der Waals surface area (Å²) in [5, 5.41) is 5.36. The monoisotopic (exact) mass is 293 g/mol. The maximum atomic E-state index is 4.56.